The quantitative estimate of drug-likeness (QED) is 0.568. The van der Waals surface area contributed by atoms with Gasteiger partial charge in [-0.3, -0.25) is 9.59 Å². The summed E-state index contributed by atoms with van der Waals surface area (Å²) in [6, 6.07) is 5.46. The number of aromatic nitrogens is 1. The zero-order valence-corrected chi connectivity index (χ0v) is 19.7. The van der Waals surface area contributed by atoms with E-state index in [0.29, 0.717) is 30.2 Å². The van der Waals surface area contributed by atoms with Crippen molar-refractivity contribution < 1.29 is 22.7 Å². The van der Waals surface area contributed by atoms with Gasteiger partial charge in [0.15, 0.2) is 14.6 Å². The molecule has 32 heavy (non-hydrogen) atoms. The first-order chi connectivity index (χ1) is 15.3. The predicted molar refractivity (Wildman–Crippen MR) is 124 cm³/mol. The number of terminal acetylenes is 1. The van der Waals surface area contributed by atoms with Gasteiger partial charge in [-0.15, -0.1) is 6.42 Å². The van der Waals surface area contributed by atoms with E-state index in [1.807, 2.05) is 19.1 Å². The molecular weight excluding hydrogens is 450 g/mol. The molecule has 8 nitrogen and oxygen atoms in total. The second-order valence-corrected chi connectivity index (χ2v) is 10.6. The Bertz CT molecular complexity index is 1200. The molecule has 0 spiro atoms. The minimum Gasteiger partial charge on any atom is -0.494 e. The Hall–Kier alpha value is -2.64. The molecule has 10 heteroatoms. The molecule has 0 aliphatic carbocycles. The highest BCUT2D eigenvalue weighted by Gasteiger charge is 2.25. The molecule has 0 N–H and O–H groups in total. The lowest BCUT2D eigenvalue weighted by Gasteiger charge is -2.19. The van der Waals surface area contributed by atoms with E-state index >= 15 is 0 Å². The van der Waals surface area contributed by atoms with Crippen molar-refractivity contribution in [3.05, 3.63) is 23.0 Å². The van der Waals surface area contributed by atoms with Crippen molar-refractivity contribution in [2.24, 2.45) is 4.99 Å². The highest BCUT2D eigenvalue weighted by molar-refractivity contribution is 7.92. The lowest BCUT2D eigenvalue weighted by molar-refractivity contribution is -0.128. The average Bonchev–Trinajstić information content (AvgIpc) is 2.90. The van der Waals surface area contributed by atoms with Crippen LogP contribution in [0.3, 0.4) is 0 Å². The molecule has 0 atom stereocenters. The Morgan fingerprint density at radius 3 is 2.56 bits per heavy atom. The molecule has 2 heterocycles. The average molecular weight is 478 g/mol. The van der Waals surface area contributed by atoms with E-state index in [1.54, 1.807) is 15.5 Å². The number of fused-ring (bicyclic) bond motifs is 1. The molecule has 1 aromatic carbocycles. The van der Waals surface area contributed by atoms with Gasteiger partial charge in [-0.05, 0) is 38.0 Å². The van der Waals surface area contributed by atoms with Crippen LogP contribution in [0.1, 0.15) is 32.6 Å². The monoisotopic (exact) mass is 477 g/mol. The molecule has 1 aromatic heterocycles. The van der Waals surface area contributed by atoms with Gasteiger partial charge in [0.2, 0.25) is 5.91 Å². The number of hydrogen-bond donors (Lipinski definition) is 0. The molecule has 0 bridgehead atoms. The molecule has 0 saturated carbocycles. The van der Waals surface area contributed by atoms with Crippen LogP contribution < -0.4 is 9.54 Å². The van der Waals surface area contributed by atoms with Crippen molar-refractivity contribution in [2.75, 3.05) is 31.2 Å². The first-order valence-electron chi connectivity index (χ1n) is 10.6. The molecule has 172 valence electrons. The van der Waals surface area contributed by atoms with Gasteiger partial charge < -0.3 is 14.2 Å². The number of ether oxygens (including phenoxy) is 1. The number of carbonyl (C=O) groups excluding carboxylic acids is 2. The molecule has 1 aliphatic rings. The van der Waals surface area contributed by atoms with E-state index in [-0.39, 0.29) is 6.54 Å². The van der Waals surface area contributed by atoms with E-state index in [0.717, 1.165) is 35.9 Å². The topological polar surface area (TPSA) is 98.0 Å². The largest absolute Gasteiger partial charge is 0.494 e. The van der Waals surface area contributed by atoms with Crippen LogP contribution in [0.4, 0.5) is 0 Å². The van der Waals surface area contributed by atoms with E-state index in [2.05, 4.69) is 10.9 Å². The molecule has 0 unspecified atom stereocenters. The van der Waals surface area contributed by atoms with E-state index in [4.69, 9.17) is 11.2 Å². The van der Waals surface area contributed by atoms with Crippen molar-refractivity contribution in [1.29, 1.82) is 0 Å². The van der Waals surface area contributed by atoms with Gasteiger partial charge in [0, 0.05) is 13.1 Å². The maximum Gasteiger partial charge on any atom is 0.263 e. The molecule has 2 aromatic rings. The Morgan fingerprint density at radius 2 is 1.91 bits per heavy atom. The normalized spacial score (nSPS) is 15.4. The van der Waals surface area contributed by atoms with Crippen molar-refractivity contribution >= 4 is 43.2 Å². The van der Waals surface area contributed by atoms with Crippen molar-refractivity contribution in [1.82, 2.24) is 9.47 Å². The molecule has 1 fully saturated rings. The number of thiazole rings is 1. The van der Waals surface area contributed by atoms with Crippen molar-refractivity contribution in [2.45, 2.75) is 39.2 Å². The minimum absolute atomic E-state index is 0.181. The summed E-state index contributed by atoms with van der Waals surface area (Å²) in [4.78, 5) is 30.8. The number of amides is 2. The standard InChI is InChI=1S/C22H27N3O5S2/c1-3-11-25-18-10-9-17(30-4-2)14-19(18)31-22(25)23-20(26)15-32(28,29)16-21(27)24-12-7-5-6-8-13-24/h1,9-10,14H,4-8,11-13,15-16H2,2H3. The number of carbonyl (C=O) groups is 2. The summed E-state index contributed by atoms with van der Waals surface area (Å²) in [5, 5.41) is 0. The third kappa shape index (κ3) is 6.20. The van der Waals surface area contributed by atoms with Crippen LogP contribution in [-0.4, -0.2) is 60.9 Å². The highest BCUT2D eigenvalue weighted by Crippen LogP contribution is 2.23. The summed E-state index contributed by atoms with van der Waals surface area (Å²) in [6.07, 6.45) is 9.27. The fourth-order valence-electron chi connectivity index (χ4n) is 3.62. The van der Waals surface area contributed by atoms with E-state index in [9.17, 15) is 18.0 Å². The summed E-state index contributed by atoms with van der Waals surface area (Å²) >= 11 is 1.23. The molecule has 1 saturated heterocycles. The summed E-state index contributed by atoms with van der Waals surface area (Å²) in [7, 11) is -3.93. The van der Waals surface area contributed by atoms with E-state index in [1.165, 1.54) is 11.3 Å². The van der Waals surface area contributed by atoms with Gasteiger partial charge in [0.05, 0.1) is 23.4 Å². The van der Waals surface area contributed by atoms with Crippen LogP contribution in [0.15, 0.2) is 23.2 Å². The van der Waals surface area contributed by atoms with Crippen LogP contribution in [0, 0.1) is 12.3 Å². The van der Waals surface area contributed by atoms with Gasteiger partial charge in [-0.1, -0.05) is 30.1 Å². The predicted octanol–water partition coefficient (Wildman–Crippen LogP) is 1.98. The lowest BCUT2D eigenvalue weighted by Crippen LogP contribution is -2.37. The third-order valence-corrected chi connectivity index (χ3v) is 7.50. The first kappa shape index (κ1) is 24.0. The SMILES string of the molecule is C#CCn1c(=NC(=O)CS(=O)(=O)CC(=O)N2CCCCCC2)sc2cc(OCC)ccc21. The Morgan fingerprint density at radius 1 is 1.19 bits per heavy atom. The molecule has 1 aliphatic heterocycles. The van der Waals surface area contributed by atoms with Gasteiger partial charge in [-0.2, -0.15) is 4.99 Å². The van der Waals surface area contributed by atoms with Crippen LogP contribution in [0.25, 0.3) is 10.2 Å². The highest BCUT2D eigenvalue weighted by atomic mass is 32.2. The van der Waals surface area contributed by atoms with Gasteiger partial charge in [0.1, 0.15) is 17.3 Å². The summed E-state index contributed by atoms with van der Waals surface area (Å²) in [5.74, 6) is 0.441. The number of sulfone groups is 1. The van der Waals surface area contributed by atoms with Crippen LogP contribution in [0.5, 0.6) is 5.75 Å². The summed E-state index contributed by atoms with van der Waals surface area (Å²) in [6.45, 7) is 3.70. The minimum atomic E-state index is -3.93. The number of hydrogen-bond acceptors (Lipinski definition) is 6. The lowest BCUT2D eigenvalue weighted by atomic mass is 10.2. The van der Waals surface area contributed by atoms with Gasteiger partial charge in [-0.25, -0.2) is 8.42 Å². The fourth-order valence-corrected chi connectivity index (χ4v) is 5.79. The summed E-state index contributed by atoms with van der Waals surface area (Å²) in [5.41, 5.74) is 0.780. The number of likely N-dealkylation sites (tertiary alicyclic amines) is 1. The first-order valence-corrected chi connectivity index (χ1v) is 13.2. The zero-order chi connectivity index (χ0) is 23.1. The Kier molecular flexibility index (Phi) is 8.10. The second-order valence-electron chi connectivity index (χ2n) is 7.57. The maximum atomic E-state index is 12.5. The zero-order valence-electron chi connectivity index (χ0n) is 18.1. The molecule has 2 amide bonds. The van der Waals surface area contributed by atoms with Crippen molar-refractivity contribution in [3.8, 4) is 18.1 Å². The molecular formula is C22H27N3O5S2. The Balaban J connectivity index is 1.79. The van der Waals surface area contributed by atoms with Crippen LogP contribution in [0.2, 0.25) is 0 Å². The van der Waals surface area contributed by atoms with Crippen molar-refractivity contribution in [3.63, 3.8) is 0 Å². The fraction of sp³-hybridized carbons (Fsp3) is 0.500. The number of nitrogens with zero attached hydrogens (tertiary/aromatic N) is 3. The Labute approximate surface area is 191 Å². The number of benzene rings is 1. The third-order valence-electron chi connectivity index (χ3n) is 5.08. The van der Waals surface area contributed by atoms with Gasteiger partial charge >= 0.3 is 0 Å². The van der Waals surface area contributed by atoms with Crippen LogP contribution >= 0.6 is 11.3 Å². The summed E-state index contributed by atoms with van der Waals surface area (Å²) < 4.78 is 33.0. The van der Waals surface area contributed by atoms with Crippen LogP contribution in [-0.2, 0) is 26.0 Å². The maximum absolute atomic E-state index is 12.5. The molecule has 0 radical (unpaired) electrons. The van der Waals surface area contributed by atoms with E-state index < -0.39 is 33.2 Å². The number of rotatable bonds is 7. The molecule has 3 rings (SSSR count). The van der Waals surface area contributed by atoms with Gasteiger partial charge in [0.25, 0.3) is 5.91 Å². The second kappa shape index (κ2) is 10.8. The smallest absolute Gasteiger partial charge is 0.263 e.